The van der Waals surface area contributed by atoms with E-state index in [2.05, 4.69) is 19.6 Å². The normalized spacial score (nSPS) is 53.3. The second-order valence-corrected chi connectivity index (χ2v) is 11.5. The Balaban J connectivity index is 1.37. The molecule has 1 unspecified atom stereocenters. The summed E-state index contributed by atoms with van der Waals surface area (Å²) in [6.07, 6.45) is 7.47. The summed E-state index contributed by atoms with van der Waals surface area (Å²) in [4.78, 5) is 29.4. The number of rotatable bonds is 1. The van der Waals surface area contributed by atoms with Gasteiger partial charge in [-0.2, -0.15) is 0 Å². The average Bonchev–Trinajstić information content (AvgIpc) is 3.13. The Morgan fingerprint density at radius 1 is 1.27 bits per heavy atom. The second kappa shape index (κ2) is 5.47. The van der Waals surface area contributed by atoms with Crippen molar-refractivity contribution in [1.82, 2.24) is 4.90 Å². The minimum atomic E-state index is -0.446. The minimum absolute atomic E-state index is 0.0281. The van der Waals surface area contributed by atoms with Crippen LogP contribution in [0.15, 0.2) is 23.8 Å². The first kappa shape index (κ1) is 18.1. The van der Waals surface area contributed by atoms with E-state index >= 15 is 0 Å². The van der Waals surface area contributed by atoms with Crippen LogP contribution in [0, 0.1) is 40.4 Å². The van der Waals surface area contributed by atoms with Gasteiger partial charge < -0.3 is 14.7 Å². The van der Waals surface area contributed by atoms with Gasteiger partial charge in [0.2, 0.25) is 5.91 Å². The van der Waals surface area contributed by atoms with Crippen LogP contribution in [-0.4, -0.2) is 53.1 Å². The first-order chi connectivity index (χ1) is 14.4. The summed E-state index contributed by atoms with van der Waals surface area (Å²) < 4.78 is 5.93. The van der Waals surface area contributed by atoms with Crippen LogP contribution >= 0.6 is 0 Å². The molecule has 160 valence electrons. The fourth-order valence-corrected chi connectivity index (χ4v) is 9.12. The first-order valence-corrected chi connectivity index (χ1v) is 11.9. The molecule has 2 bridgehead atoms. The van der Waals surface area contributed by atoms with E-state index in [1.54, 1.807) is 0 Å². The standard InChI is InChI=1S/C25H31NO4/c1-12-10-25-11-13(12)3-4-16(25)15-9-17-19-21(30-17)22(28)24(19,2)18(15)20(25)23(29)26-7-5-14(27)6-8-26/h9,13-14,16-21,27H,1,3-8,10-11H2,2H3/t13-,16+,17-,18-,19-,20-,21?,24+,25+/m1/s1. The summed E-state index contributed by atoms with van der Waals surface area (Å²) in [5.74, 6) is 1.56. The third kappa shape index (κ3) is 1.82. The van der Waals surface area contributed by atoms with Crippen molar-refractivity contribution < 1.29 is 19.4 Å². The molecule has 0 aromatic carbocycles. The lowest BCUT2D eigenvalue weighted by Gasteiger charge is -2.66. The molecular formula is C25H31NO4. The van der Waals surface area contributed by atoms with E-state index in [1.807, 2.05) is 4.90 Å². The van der Waals surface area contributed by atoms with Crippen molar-refractivity contribution >= 4 is 11.7 Å². The van der Waals surface area contributed by atoms with Crippen LogP contribution in [0.5, 0.6) is 0 Å². The summed E-state index contributed by atoms with van der Waals surface area (Å²) in [7, 11) is 0. The number of aliphatic hydroxyl groups is 1. The van der Waals surface area contributed by atoms with Gasteiger partial charge in [-0.1, -0.05) is 30.7 Å². The summed E-state index contributed by atoms with van der Waals surface area (Å²) in [5, 5.41) is 9.97. The maximum Gasteiger partial charge on any atom is 0.226 e. The number of piperidine rings is 1. The molecule has 30 heavy (non-hydrogen) atoms. The number of aliphatic hydroxyl groups excluding tert-OH is 1. The van der Waals surface area contributed by atoms with E-state index in [1.165, 1.54) is 11.1 Å². The quantitative estimate of drug-likeness (QED) is 0.676. The van der Waals surface area contributed by atoms with E-state index < -0.39 is 5.41 Å². The molecule has 2 saturated heterocycles. The number of carbonyl (C=O) groups excluding carboxylic acids is 2. The monoisotopic (exact) mass is 409 g/mol. The maximum absolute atomic E-state index is 14.2. The Bertz CT molecular complexity index is 916. The zero-order valence-electron chi connectivity index (χ0n) is 17.7. The molecule has 0 aromatic rings. The van der Waals surface area contributed by atoms with Crippen LogP contribution in [0.2, 0.25) is 0 Å². The molecule has 0 aromatic heterocycles. The van der Waals surface area contributed by atoms with Crippen molar-refractivity contribution in [1.29, 1.82) is 0 Å². The van der Waals surface area contributed by atoms with E-state index in [0.29, 0.717) is 37.8 Å². The van der Waals surface area contributed by atoms with Crippen LogP contribution in [0.4, 0.5) is 0 Å². The highest BCUT2D eigenvalue weighted by Crippen LogP contribution is 2.76. The van der Waals surface area contributed by atoms with Gasteiger partial charge in [0.15, 0.2) is 5.78 Å². The Morgan fingerprint density at radius 3 is 2.80 bits per heavy atom. The molecule has 1 N–H and O–H groups in total. The predicted molar refractivity (Wildman–Crippen MR) is 109 cm³/mol. The molecule has 5 nitrogen and oxygen atoms in total. The molecule has 2 heterocycles. The van der Waals surface area contributed by atoms with E-state index in [9.17, 15) is 14.7 Å². The molecule has 7 aliphatic rings. The topological polar surface area (TPSA) is 66.8 Å². The number of ether oxygens (including phenoxy) is 1. The van der Waals surface area contributed by atoms with Crippen molar-refractivity contribution in [2.45, 2.75) is 63.8 Å². The van der Waals surface area contributed by atoms with Gasteiger partial charge in [-0.05, 0) is 55.8 Å². The van der Waals surface area contributed by atoms with Crippen molar-refractivity contribution in [3.8, 4) is 0 Å². The SMILES string of the molecule is C=C1C[C@]23C[C@H]1CC[C@H]2C1=C[C@H]2OC4C(=O)[C@@](C)([C@H]1[C@@H]3C(=O)N1CCC(O)CC1)[C@@H]42. The summed E-state index contributed by atoms with van der Waals surface area (Å²) in [5.41, 5.74) is 2.18. The second-order valence-electron chi connectivity index (χ2n) is 11.5. The lowest BCUT2D eigenvalue weighted by molar-refractivity contribution is -0.268. The summed E-state index contributed by atoms with van der Waals surface area (Å²) in [6, 6.07) is 0. The van der Waals surface area contributed by atoms with E-state index in [4.69, 9.17) is 4.74 Å². The van der Waals surface area contributed by atoms with Crippen LogP contribution in [0.3, 0.4) is 0 Å². The largest absolute Gasteiger partial charge is 0.393 e. The molecular weight excluding hydrogens is 378 g/mol. The maximum atomic E-state index is 14.2. The average molecular weight is 410 g/mol. The number of Topliss-reactive ketones (excluding diaryl/α,β-unsaturated/α-hetero) is 1. The molecule has 0 radical (unpaired) electrons. The zero-order chi connectivity index (χ0) is 20.6. The van der Waals surface area contributed by atoms with Crippen LogP contribution in [-0.2, 0) is 14.3 Å². The molecule has 5 heteroatoms. The van der Waals surface area contributed by atoms with Gasteiger partial charge in [0.05, 0.1) is 18.1 Å². The molecule has 6 fully saturated rings. The van der Waals surface area contributed by atoms with Crippen LogP contribution in [0.25, 0.3) is 0 Å². The van der Waals surface area contributed by atoms with Crippen molar-refractivity contribution in [2.24, 2.45) is 40.4 Å². The predicted octanol–water partition coefficient (Wildman–Crippen LogP) is 2.49. The first-order valence-electron chi connectivity index (χ1n) is 11.9. The van der Waals surface area contributed by atoms with Crippen molar-refractivity contribution in [3.63, 3.8) is 0 Å². The van der Waals surface area contributed by atoms with Crippen molar-refractivity contribution in [3.05, 3.63) is 23.8 Å². The zero-order valence-corrected chi connectivity index (χ0v) is 17.7. The highest BCUT2D eigenvalue weighted by molar-refractivity contribution is 6.00. The number of allylic oxidation sites excluding steroid dienone is 2. The number of hydrogen-bond donors (Lipinski definition) is 1. The van der Waals surface area contributed by atoms with Gasteiger partial charge in [0, 0.05) is 30.3 Å². The third-order valence-electron chi connectivity index (χ3n) is 10.5. The van der Waals surface area contributed by atoms with Crippen LogP contribution < -0.4 is 0 Å². The summed E-state index contributed by atoms with van der Waals surface area (Å²) in [6.45, 7) is 7.83. The fraction of sp³-hybridized carbons (Fsp3) is 0.760. The highest BCUT2D eigenvalue weighted by atomic mass is 16.5. The third-order valence-corrected chi connectivity index (χ3v) is 10.5. The Labute approximate surface area is 177 Å². The number of nitrogens with zero attached hydrogens (tertiary/aromatic N) is 1. The molecule has 4 saturated carbocycles. The molecule has 9 atom stereocenters. The van der Waals surface area contributed by atoms with Gasteiger partial charge in [0.25, 0.3) is 0 Å². The van der Waals surface area contributed by atoms with Gasteiger partial charge in [0.1, 0.15) is 6.10 Å². The number of amides is 1. The van der Waals surface area contributed by atoms with Gasteiger partial charge in [-0.3, -0.25) is 9.59 Å². The highest BCUT2D eigenvalue weighted by Gasteiger charge is 2.79. The lowest BCUT2D eigenvalue weighted by Crippen LogP contribution is -2.77. The lowest BCUT2D eigenvalue weighted by atomic mass is 9.43. The molecule has 2 aliphatic heterocycles. The molecule has 1 spiro atoms. The Kier molecular flexibility index (Phi) is 3.31. The number of ketones is 1. The van der Waals surface area contributed by atoms with Gasteiger partial charge in [-0.25, -0.2) is 0 Å². The molecule has 7 rings (SSSR count). The van der Waals surface area contributed by atoms with Gasteiger partial charge >= 0.3 is 0 Å². The fourth-order valence-electron chi connectivity index (χ4n) is 9.12. The number of carbonyl (C=O) groups is 2. The van der Waals surface area contributed by atoms with E-state index in [0.717, 1.165) is 25.7 Å². The van der Waals surface area contributed by atoms with Gasteiger partial charge in [-0.15, -0.1) is 0 Å². The Hall–Kier alpha value is -1.46. The Morgan fingerprint density at radius 2 is 2.03 bits per heavy atom. The van der Waals surface area contributed by atoms with Crippen molar-refractivity contribution in [2.75, 3.05) is 13.1 Å². The summed E-state index contributed by atoms with van der Waals surface area (Å²) >= 11 is 0. The molecule has 5 aliphatic carbocycles. The van der Waals surface area contributed by atoms with E-state index in [-0.39, 0.29) is 53.2 Å². The van der Waals surface area contributed by atoms with Crippen LogP contribution in [0.1, 0.15) is 45.4 Å². The number of likely N-dealkylation sites (tertiary alicyclic amines) is 1. The number of fused-ring (bicyclic) bond motifs is 4. The molecule has 1 amide bonds. The number of hydrogen-bond acceptors (Lipinski definition) is 4. The minimum Gasteiger partial charge on any atom is -0.393 e. The smallest absolute Gasteiger partial charge is 0.226 e.